The Morgan fingerprint density at radius 2 is 2.12 bits per heavy atom. The molecule has 8 heteroatoms. The normalized spacial score (nSPS) is 14.0. The predicted molar refractivity (Wildman–Crippen MR) is 99.5 cm³/mol. The topological polar surface area (TPSA) is 57.6 Å². The Balaban J connectivity index is 1.78. The Hall–Kier alpha value is -1.63. The summed E-state index contributed by atoms with van der Waals surface area (Å²) in [6.45, 7) is 3.15. The van der Waals surface area contributed by atoms with E-state index in [2.05, 4.69) is 22.2 Å². The molecule has 0 spiro atoms. The molecule has 3 rings (SSSR count). The smallest absolute Gasteiger partial charge is 0.272 e. The first kappa shape index (κ1) is 17.2. The number of rotatable bonds is 4. The Labute approximate surface area is 154 Å². The van der Waals surface area contributed by atoms with Gasteiger partial charge >= 0.3 is 0 Å². The van der Waals surface area contributed by atoms with E-state index in [1.54, 1.807) is 29.3 Å². The van der Waals surface area contributed by atoms with E-state index < -0.39 is 0 Å². The lowest BCUT2D eigenvalue weighted by Crippen LogP contribution is -2.38. The molecule has 0 saturated heterocycles. The van der Waals surface area contributed by atoms with Crippen molar-refractivity contribution in [1.82, 2.24) is 9.88 Å². The number of carbonyl (C=O) groups is 1. The number of benzene rings is 1. The van der Waals surface area contributed by atoms with Gasteiger partial charge in [-0.1, -0.05) is 36.2 Å². The van der Waals surface area contributed by atoms with Gasteiger partial charge in [0.1, 0.15) is 4.88 Å². The maximum atomic E-state index is 12.7. The molecule has 0 unspecified atom stereocenters. The lowest BCUT2D eigenvalue weighted by atomic mass is 10.3. The molecule has 0 atom stereocenters. The van der Waals surface area contributed by atoms with Crippen molar-refractivity contribution in [3.05, 3.63) is 44.3 Å². The Bertz CT molecular complexity index is 770. The number of aromatic nitrogens is 1. The summed E-state index contributed by atoms with van der Waals surface area (Å²) in [7, 11) is 0. The number of nitrogens with one attached hydrogen (secondary N) is 1. The number of guanidine groups is 1. The number of para-hydroxylation sites is 1. The number of amides is 1. The highest BCUT2D eigenvalue weighted by atomic mass is 35.5. The fourth-order valence-corrected chi connectivity index (χ4v) is 3.81. The van der Waals surface area contributed by atoms with Crippen LogP contribution in [-0.4, -0.2) is 34.8 Å². The number of hydrogen-bond acceptors (Lipinski definition) is 5. The van der Waals surface area contributed by atoms with Gasteiger partial charge in [-0.25, -0.2) is 4.98 Å². The molecule has 1 N–H and O–H groups in total. The molecule has 126 valence electrons. The van der Waals surface area contributed by atoms with E-state index in [1.807, 2.05) is 0 Å². The van der Waals surface area contributed by atoms with Crippen molar-refractivity contribution >= 4 is 52.1 Å². The molecule has 5 nitrogen and oxygen atoms in total. The van der Waals surface area contributed by atoms with Crippen molar-refractivity contribution in [3.8, 4) is 0 Å². The van der Waals surface area contributed by atoms with E-state index in [4.69, 9.17) is 23.2 Å². The van der Waals surface area contributed by atoms with Crippen LogP contribution in [0.25, 0.3) is 0 Å². The number of anilines is 1. The second-order valence-electron chi connectivity index (χ2n) is 5.25. The molecule has 1 aliphatic rings. The minimum atomic E-state index is -0.109. The molecule has 0 radical (unpaired) electrons. The number of aryl methyl sites for hydroxylation is 1. The van der Waals surface area contributed by atoms with Gasteiger partial charge < -0.3 is 5.32 Å². The first-order chi connectivity index (χ1) is 11.6. The summed E-state index contributed by atoms with van der Waals surface area (Å²) in [4.78, 5) is 23.6. The number of thiazole rings is 1. The number of halogens is 2. The highest BCUT2D eigenvalue weighted by Crippen LogP contribution is 2.30. The Morgan fingerprint density at radius 1 is 1.38 bits per heavy atom. The molecular weight excluding hydrogens is 367 g/mol. The molecule has 2 aromatic rings. The number of nitrogens with zero attached hydrogens (tertiary/aromatic N) is 3. The molecule has 1 aromatic heterocycles. The quantitative estimate of drug-likeness (QED) is 0.855. The van der Waals surface area contributed by atoms with Gasteiger partial charge in [0.2, 0.25) is 5.96 Å². The molecule has 1 aliphatic heterocycles. The van der Waals surface area contributed by atoms with Crippen LogP contribution in [0.15, 0.2) is 29.4 Å². The van der Waals surface area contributed by atoms with Gasteiger partial charge in [0, 0.05) is 6.54 Å². The second kappa shape index (κ2) is 7.51. The maximum absolute atomic E-state index is 12.7. The van der Waals surface area contributed by atoms with Crippen molar-refractivity contribution in [2.75, 3.05) is 18.4 Å². The van der Waals surface area contributed by atoms with Crippen LogP contribution in [0.1, 0.15) is 28.0 Å². The zero-order chi connectivity index (χ0) is 17.1. The fraction of sp³-hybridized carbons (Fsp3) is 0.312. The highest BCUT2D eigenvalue weighted by Gasteiger charge is 2.27. The van der Waals surface area contributed by atoms with Crippen LogP contribution in [0, 0.1) is 0 Å². The average molecular weight is 383 g/mol. The summed E-state index contributed by atoms with van der Waals surface area (Å²) in [5, 5.41) is 5.02. The fourth-order valence-electron chi connectivity index (χ4n) is 2.35. The van der Waals surface area contributed by atoms with Crippen LogP contribution in [0.3, 0.4) is 0 Å². The first-order valence-corrected chi connectivity index (χ1v) is 9.19. The molecule has 0 fully saturated rings. The van der Waals surface area contributed by atoms with Crippen molar-refractivity contribution in [2.24, 2.45) is 4.99 Å². The summed E-state index contributed by atoms with van der Waals surface area (Å²) in [5.41, 5.74) is 0.551. The highest BCUT2D eigenvalue weighted by molar-refractivity contribution is 7.13. The van der Waals surface area contributed by atoms with Gasteiger partial charge in [-0.2, -0.15) is 0 Å². The molecular formula is C16H16Cl2N4OS. The van der Waals surface area contributed by atoms with E-state index in [-0.39, 0.29) is 5.91 Å². The third-order valence-corrected chi connectivity index (χ3v) is 5.19. The minimum Gasteiger partial charge on any atom is -0.323 e. The monoisotopic (exact) mass is 382 g/mol. The zero-order valence-corrected chi connectivity index (χ0v) is 15.4. The first-order valence-electron chi connectivity index (χ1n) is 7.62. The van der Waals surface area contributed by atoms with Crippen LogP contribution < -0.4 is 5.32 Å². The van der Waals surface area contributed by atoms with Crippen LogP contribution in [-0.2, 0) is 6.42 Å². The number of carbonyl (C=O) groups excluding carboxylic acids is 1. The van der Waals surface area contributed by atoms with Gasteiger partial charge in [0.25, 0.3) is 5.91 Å². The van der Waals surface area contributed by atoms with Crippen molar-refractivity contribution < 1.29 is 4.79 Å². The summed E-state index contributed by atoms with van der Waals surface area (Å²) >= 11 is 13.8. The number of hydrogen-bond donors (Lipinski definition) is 1. The van der Waals surface area contributed by atoms with Crippen LogP contribution in [0.2, 0.25) is 10.0 Å². The predicted octanol–water partition coefficient (Wildman–Crippen LogP) is 4.33. The Morgan fingerprint density at radius 3 is 2.83 bits per heavy atom. The van der Waals surface area contributed by atoms with Gasteiger partial charge in [0.05, 0.1) is 33.5 Å². The van der Waals surface area contributed by atoms with Gasteiger partial charge in [-0.3, -0.25) is 14.7 Å². The van der Waals surface area contributed by atoms with Gasteiger partial charge in [-0.15, -0.1) is 11.3 Å². The molecule has 24 heavy (non-hydrogen) atoms. The van der Waals surface area contributed by atoms with Crippen molar-refractivity contribution in [3.63, 3.8) is 0 Å². The van der Waals surface area contributed by atoms with Gasteiger partial charge in [-0.05, 0) is 25.0 Å². The molecule has 2 heterocycles. The minimum absolute atomic E-state index is 0.109. The van der Waals surface area contributed by atoms with Crippen LogP contribution in [0.5, 0.6) is 0 Å². The molecule has 1 amide bonds. The summed E-state index contributed by atoms with van der Waals surface area (Å²) in [6, 6.07) is 5.23. The lowest BCUT2D eigenvalue weighted by molar-refractivity contribution is 0.0862. The van der Waals surface area contributed by atoms with Gasteiger partial charge in [0.15, 0.2) is 0 Å². The lowest BCUT2D eigenvalue weighted by Gasteiger charge is -2.19. The van der Waals surface area contributed by atoms with Crippen molar-refractivity contribution in [1.29, 1.82) is 0 Å². The van der Waals surface area contributed by atoms with Crippen LogP contribution in [0.4, 0.5) is 5.69 Å². The second-order valence-corrected chi connectivity index (χ2v) is 7.18. The molecule has 1 aromatic carbocycles. The zero-order valence-electron chi connectivity index (χ0n) is 13.1. The third kappa shape index (κ3) is 3.55. The molecule has 0 bridgehead atoms. The summed E-state index contributed by atoms with van der Waals surface area (Å²) < 4.78 is 0. The van der Waals surface area contributed by atoms with E-state index in [9.17, 15) is 4.79 Å². The van der Waals surface area contributed by atoms with Crippen LogP contribution >= 0.6 is 34.5 Å². The standard InChI is InChI=1S/C16H16Cl2N4OS/c1-2-4-13-20-9-12(24-13)15(23)22-8-7-19-16(22)21-14-10(17)5-3-6-11(14)18/h3,5-6,9H,2,4,7-8H2,1H3,(H,19,21). The van der Waals surface area contributed by atoms with E-state index in [1.165, 1.54) is 11.3 Å². The summed E-state index contributed by atoms with van der Waals surface area (Å²) in [5.74, 6) is 0.349. The van der Waals surface area contributed by atoms with E-state index >= 15 is 0 Å². The SMILES string of the molecule is CCCc1ncc(C(=O)N2CCN=C2Nc2c(Cl)cccc2Cl)s1. The average Bonchev–Trinajstić information content (AvgIpc) is 3.20. The van der Waals surface area contributed by atoms with E-state index in [0.29, 0.717) is 39.7 Å². The largest absolute Gasteiger partial charge is 0.323 e. The maximum Gasteiger partial charge on any atom is 0.272 e. The third-order valence-electron chi connectivity index (χ3n) is 3.51. The number of aliphatic imine (C=N–C) groups is 1. The molecule has 0 saturated carbocycles. The van der Waals surface area contributed by atoms with E-state index in [0.717, 1.165) is 17.8 Å². The molecule has 0 aliphatic carbocycles. The Kier molecular flexibility index (Phi) is 5.38. The summed E-state index contributed by atoms with van der Waals surface area (Å²) in [6.07, 6.45) is 3.52. The van der Waals surface area contributed by atoms with Crippen molar-refractivity contribution in [2.45, 2.75) is 19.8 Å².